The minimum atomic E-state index is -0.719. The van der Waals surface area contributed by atoms with E-state index in [9.17, 15) is 9.18 Å². The van der Waals surface area contributed by atoms with Crippen LogP contribution in [0.15, 0.2) is 18.2 Å². The second-order valence-electron chi connectivity index (χ2n) is 4.72. The van der Waals surface area contributed by atoms with Gasteiger partial charge in [-0.3, -0.25) is 4.79 Å². The average Bonchev–Trinajstić information content (AvgIpc) is 2.95. The number of nitrogens with one attached hydrogen (secondary N) is 1. The Labute approximate surface area is 121 Å². The fraction of sp³-hybridized carbons (Fsp3) is 0.357. The van der Waals surface area contributed by atoms with Gasteiger partial charge in [-0.1, -0.05) is 19.1 Å². The number of hydrogen-bond donors (Lipinski definition) is 2. The van der Waals surface area contributed by atoms with Gasteiger partial charge in [0, 0.05) is 11.1 Å². The molecule has 0 spiro atoms. The van der Waals surface area contributed by atoms with E-state index in [0.717, 1.165) is 6.42 Å². The Hall–Kier alpha value is -2.28. The molecule has 0 aliphatic heterocycles. The number of nitrogens with zero attached hydrogens (tertiary/aromatic N) is 2. The Balaban J connectivity index is 2.22. The number of amides is 1. The molecule has 1 heterocycles. The van der Waals surface area contributed by atoms with Gasteiger partial charge < -0.3 is 10.5 Å². The van der Waals surface area contributed by atoms with E-state index in [0.29, 0.717) is 11.1 Å². The van der Waals surface area contributed by atoms with Crippen LogP contribution in [0.5, 0.6) is 0 Å². The first kappa shape index (κ1) is 15.1. The van der Waals surface area contributed by atoms with Crippen LogP contribution in [-0.2, 0) is 11.3 Å². The van der Waals surface area contributed by atoms with E-state index in [-0.39, 0.29) is 24.1 Å². The van der Waals surface area contributed by atoms with Gasteiger partial charge in [0.05, 0.1) is 12.7 Å². The highest BCUT2D eigenvalue weighted by Gasteiger charge is 2.16. The molecule has 3 N–H and O–H groups in total. The SMILES string of the molecule is CCC(C)OCc1ccc(-c2n[nH]nc2C(N)=O)cc1F. The van der Waals surface area contributed by atoms with Crippen molar-refractivity contribution in [3.63, 3.8) is 0 Å². The van der Waals surface area contributed by atoms with Crippen LogP contribution in [0.1, 0.15) is 36.3 Å². The van der Waals surface area contributed by atoms with Gasteiger partial charge >= 0.3 is 0 Å². The second-order valence-corrected chi connectivity index (χ2v) is 4.72. The molecular weight excluding hydrogens is 275 g/mol. The molecule has 7 heteroatoms. The van der Waals surface area contributed by atoms with Crippen molar-refractivity contribution in [2.75, 3.05) is 0 Å². The highest BCUT2D eigenvalue weighted by atomic mass is 19.1. The molecule has 6 nitrogen and oxygen atoms in total. The molecule has 21 heavy (non-hydrogen) atoms. The lowest BCUT2D eigenvalue weighted by atomic mass is 10.1. The maximum absolute atomic E-state index is 14.1. The molecule has 2 rings (SSSR count). The van der Waals surface area contributed by atoms with Crippen LogP contribution in [-0.4, -0.2) is 27.4 Å². The summed E-state index contributed by atoms with van der Waals surface area (Å²) in [4.78, 5) is 11.2. The van der Waals surface area contributed by atoms with Crippen LogP contribution >= 0.6 is 0 Å². The minimum Gasteiger partial charge on any atom is -0.374 e. The topological polar surface area (TPSA) is 93.9 Å². The average molecular weight is 292 g/mol. The van der Waals surface area contributed by atoms with Gasteiger partial charge in [0.25, 0.3) is 5.91 Å². The highest BCUT2D eigenvalue weighted by Crippen LogP contribution is 2.22. The zero-order valence-corrected chi connectivity index (χ0v) is 11.9. The molecule has 0 fully saturated rings. The van der Waals surface area contributed by atoms with Crippen LogP contribution in [0.4, 0.5) is 4.39 Å². The molecule has 0 saturated heterocycles. The summed E-state index contributed by atoms with van der Waals surface area (Å²) >= 11 is 0. The predicted molar refractivity (Wildman–Crippen MR) is 74.8 cm³/mol. The molecule has 0 saturated carbocycles. The number of carbonyl (C=O) groups excluding carboxylic acids is 1. The summed E-state index contributed by atoms with van der Waals surface area (Å²) in [7, 11) is 0. The largest absolute Gasteiger partial charge is 0.374 e. The van der Waals surface area contributed by atoms with Gasteiger partial charge in [0.1, 0.15) is 11.5 Å². The van der Waals surface area contributed by atoms with Crippen LogP contribution in [0, 0.1) is 5.82 Å². The zero-order valence-electron chi connectivity index (χ0n) is 11.9. The van der Waals surface area contributed by atoms with Gasteiger partial charge in [0.15, 0.2) is 5.69 Å². The summed E-state index contributed by atoms with van der Waals surface area (Å²) in [5.74, 6) is -1.14. The van der Waals surface area contributed by atoms with Crippen molar-refractivity contribution in [2.45, 2.75) is 33.0 Å². The van der Waals surface area contributed by atoms with Crippen molar-refractivity contribution in [1.29, 1.82) is 0 Å². The summed E-state index contributed by atoms with van der Waals surface area (Å²) in [6.45, 7) is 4.13. The van der Waals surface area contributed by atoms with Crippen molar-refractivity contribution < 1.29 is 13.9 Å². The molecule has 0 bridgehead atoms. The molecular formula is C14H17FN4O2. The molecule has 1 atom stereocenters. The van der Waals surface area contributed by atoms with E-state index in [2.05, 4.69) is 15.4 Å². The number of rotatable bonds is 6. The normalized spacial score (nSPS) is 12.3. The summed E-state index contributed by atoms with van der Waals surface area (Å²) in [6.07, 6.45) is 0.932. The maximum Gasteiger partial charge on any atom is 0.271 e. The summed E-state index contributed by atoms with van der Waals surface area (Å²) in [6, 6.07) is 4.55. The standard InChI is InChI=1S/C14H17FN4O2/c1-3-8(2)21-7-10-5-4-9(6-11(10)15)12-13(14(16)20)18-19-17-12/h4-6,8H,3,7H2,1-2H3,(H2,16,20)(H,17,18,19). The summed E-state index contributed by atoms with van der Waals surface area (Å²) < 4.78 is 19.6. The number of ether oxygens (including phenoxy) is 1. The maximum atomic E-state index is 14.1. The first-order chi connectivity index (χ1) is 10.0. The lowest BCUT2D eigenvalue weighted by Gasteiger charge is -2.11. The van der Waals surface area contributed by atoms with E-state index < -0.39 is 11.7 Å². The fourth-order valence-corrected chi connectivity index (χ4v) is 1.77. The molecule has 0 aliphatic rings. The van der Waals surface area contributed by atoms with Gasteiger partial charge in [-0.15, -0.1) is 0 Å². The first-order valence-corrected chi connectivity index (χ1v) is 6.63. The number of halogens is 1. The van der Waals surface area contributed by atoms with Gasteiger partial charge in [-0.25, -0.2) is 4.39 Å². The number of H-pyrrole nitrogens is 1. The Bertz CT molecular complexity index is 642. The van der Waals surface area contributed by atoms with Crippen molar-refractivity contribution >= 4 is 5.91 Å². The lowest BCUT2D eigenvalue weighted by molar-refractivity contribution is 0.0492. The number of aromatic nitrogens is 3. The first-order valence-electron chi connectivity index (χ1n) is 6.63. The van der Waals surface area contributed by atoms with E-state index in [1.807, 2.05) is 13.8 Å². The van der Waals surface area contributed by atoms with Gasteiger partial charge in [-0.2, -0.15) is 15.4 Å². The van der Waals surface area contributed by atoms with Crippen molar-refractivity contribution in [3.05, 3.63) is 35.3 Å². The Kier molecular flexibility index (Phi) is 4.64. The third kappa shape index (κ3) is 3.43. The molecule has 112 valence electrons. The number of aromatic amines is 1. The van der Waals surface area contributed by atoms with Crippen molar-refractivity contribution in [1.82, 2.24) is 15.4 Å². The molecule has 0 radical (unpaired) electrons. The minimum absolute atomic E-state index is 0.0157. The van der Waals surface area contributed by atoms with Crippen LogP contribution in [0.2, 0.25) is 0 Å². The molecule has 1 amide bonds. The van der Waals surface area contributed by atoms with Gasteiger partial charge in [-0.05, 0) is 19.4 Å². The van der Waals surface area contributed by atoms with E-state index >= 15 is 0 Å². The third-order valence-electron chi connectivity index (χ3n) is 3.21. The monoisotopic (exact) mass is 292 g/mol. The Morgan fingerprint density at radius 1 is 1.48 bits per heavy atom. The number of benzene rings is 1. The van der Waals surface area contributed by atoms with Crippen LogP contribution in [0.3, 0.4) is 0 Å². The van der Waals surface area contributed by atoms with E-state index in [4.69, 9.17) is 10.5 Å². The molecule has 1 aromatic carbocycles. The van der Waals surface area contributed by atoms with E-state index in [1.165, 1.54) is 6.07 Å². The zero-order chi connectivity index (χ0) is 15.4. The van der Waals surface area contributed by atoms with E-state index in [1.54, 1.807) is 12.1 Å². The van der Waals surface area contributed by atoms with Crippen LogP contribution < -0.4 is 5.73 Å². The molecule has 2 aromatic rings. The molecule has 1 aromatic heterocycles. The Morgan fingerprint density at radius 2 is 2.24 bits per heavy atom. The van der Waals surface area contributed by atoms with Crippen LogP contribution in [0.25, 0.3) is 11.3 Å². The van der Waals surface area contributed by atoms with Crippen molar-refractivity contribution in [3.8, 4) is 11.3 Å². The quantitative estimate of drug-likeness (QED) is 0.851. The smallest absolute Gasteiger partial charge is 0.271 e. The fourth-order valence-electron chi connectivity index (χ4n) is 1.77. The van der Waals surface area contributed by atoms with Gasteiger partial charge in [0.2, 0.25) is 0 Å². The summed E-state index contributed by atoms with van der Waals surface area (Å²) in [5.41, 5.74) is 6.28. The number of primary amides is 1. The lowest BCUT2D eigenvalue weighted by Crippen LogP contribution is -2.13. The number of nitrogens with two attached hydrogens (primary N) is 1. The number of carbonyl (C=O) groups is 1. The summed E-state index contributed by atoms with van der Waals surface area (Å²) in [5, 5.41) is 9.80. The second kappa shape index (κ2) is 6.45. The van der Waals surface area contributed by atoms with Crippen molar-refractivity contribution in [2.24, 2.45) is 5.73 Å². The molecule has 1 unspecified atom stereocenters. The Morgan fingerprint density at radius 3 is 2.86 bits per heavy atom. The molecule has 0 aliphatic carbocycles. The highest BCUT2D eigenvalue weighted by molar-refractivity contribution is 5.96. The third-order valence-corrected chi connectivity index (χ3v) is 3.21. The predicted octanol–water partition coefficient (Wildman–Crippen LogP) is 2.02. The number of hydrogen-bond acceptors (Lipinski definition) is 4.